The molecule has 0 saturated carbocycles. The monoisotopic (exact) mass is 341 g/mol. The van der Waals surface area contributed by atoms with E-state index in [1.165, 1.54) is 27.4 Å². The van der Waals surface area contributed by atoms with Crippen LogP contribution < -0.4 is 4.90 Å². The van der Waals surface area contributed by atoms with Crippen LogP contribution in [0, 0.1) is 18.3 Å². The predicted octanol–water partition coefficient (Wildman–Crippen LogP) is 2.58. The highest BCUT2D eigenvalue weighted by molar-refractivity contribution is 7.09. The Kier molecular flexibility index (Phi) is 6.65. The van der Waals surface area contributed by atoms with E-state index in [2.05, 4.69) is 61.3 Å². The molecule has 0 aliphatic rings. The van der Waals surface area contributed by atoms with Gasteiger partial charge in [-0.1, -0.05) is 31.2 Å². The number of hydrogen-bond donors (Lipinski definition) is 1. The lowest BCUT2D eigenvalue weighted by molar-refractivity contribution is -0.890. The van der Waals surface area contributed by atoms with E-state index in [1.807, 2.05) is 12.3 Å². The lowest BCUT2D eigenvalue weighted by Gasteiger charge is -2.20. The molecule has 2 aromatic rings. The molecule has 2 atom stereocenters. The van der Waals surface area contributed by atoms with Crippen LogP contribution in [0.1, 0.15) is 40.7 Å². The Morgan fingerprint density at radius 1 is 1.33 bits per heavy atom. The van der Waals surface area contributed by atoms with Crippen LogP contribution in [0.25, 0.3) is 0 Å². The molecule has 0 spiro atoms. The van der Waals surface area contributed by atoms with Crippen molar-refractivity contribution in [2.45, 2.75) is 32.2 Å². The molecule has 0 amide bonds. The Balaban J connectivity index is 2.08. The summed E-state index contributed by atoms with van der Waals surface area (Å²) in [6.45, 7) is 4.77. The summed E-state index contributed by atoms with van der Waals surface area (Å²) < 4.78 is 0. The summed E-state index contributed by atoms with van der Waals surface area (Å²) in [6.07, 6.45) is 2.80. The maximum atomic E-state index is 9.36. The fourth-order valence-corrected chi connectivity index (χ4v) is 3.35. The topological polar surface area (TPSA) is 53.5 Å². The van der Waals surface area contributed by atoms with Crippen LogP contribution in [0.2, 0.25) is 0 Å². The average molecular weight is 342 g/mol. The van der Waals surface area contributed by atoms with Gasteiger partial charge in [-0.15, -0.1) is 11.3 Å². The zero-order valence-electron chi connectivity index (χ0n) is 14.8. The highest BCUT2D eigenvalue weighted by atomic mass is 32.1. The predicted molar refractivity (Wildman–Crippen MR) is 99.9 cm³/mol. The standard InChI is InChI=1S/C19H24N4S/c1-5-15-6-8-16(9-7-15)18(23(3)4)12-21-11-17(10-20)19-22-14(2)13-24-19/h6-9,11,13,17-18H,5,12H2,1-4H3/p+1/t17?,18-/m1/s1. The summed E-state index contributed by atoms with van der Waals surface area (Å²) in [6, 6.07) is 11.3. The van der Waals surface area contributed by atoms with Gasteiger partial charge >= 0.3 is 0 Å². The molecule has 0 fully saturated rings. The summed E-state index contributed by atoms with van der Waals surface area (Å²) in [5.41, 5.74) is 3.58. The normalized spacial score (nSPS) is 14.0. The van der Waals surface area contributed by atoms with Crippen LogP contribution in [0.4, 0.5) is 0 Å². The van der Waals surface area contributed by atoms with Crippen molar-refractivity contribution in [1.82, 2.24) is 4.98 Å². The lowest BCUT2D eigenvalue weighted by Crippen LogP contribution is -3.06. The van der Waals surface area contributed by atoms with Crippen LogP contribution in [-0.4, -0.2) is 31.8 Å². The first-order valence-electron chi connectivity index (χ1n) is 8.25. The van der Waals surface area contributed by atoms with Crippen molar-refractivity contribution in [3.8, 4) is 6.07 Å². The molecule has 0 aliphatic carbocycles. The number of aromatic nitrogens is 1. The molecule has 1 aromatic carbocycles. The van der Waals surface area contributed by atoms with Crippen molar-refractivity contribution < 1.29 is 4.90 Å². The minimum absolute atomic E-state index is 0.282. The third-order valence-electron chi connectivity index (χ3n) is 4.07. The van der Waals surface area contributed by atoms with Crippen molar-refractivity contribution in [3.05, 3.63) is 51.5 Å². The quantitative estimate of drug-likeness (QED) is 0.787. The van der Waals surface area contributed by atoms with E-state index in [4.69, 9.17) is 0 Å². The summed E-state index contributed by atoms with van der Waals surface area (Å²) in [5, 5.41) is 12.1. The number of nitriles is 1. The van der Waals surface area contributed by atoms with E-state index in [9.17, 15) is 5.26 Å². The number of nitrogens with zero attached hydrogens (tertiary/aromatic N) is 3. The van der Waals surface area contributed by atoms with Gasteiger partial charge < -0.3 is 4.90 Å². The first-order chi connectivity index (χ1) is 11.5. The SMILES string of the molecule is CCc1ccc([C@@H](CN=CC(C#N)c2nc(C)cs2)[NH+](C)C)cc1. The molecule has 0 aliphatic heterocycles. The van der Waals surface area contributed by atoms with E-state index >= 15 is 0 Å². The maximum absolute atomic E-state index is 9.36. The Labute approximate surface area is 148 Å². The molecule has 1 unspecified atom stereocenters. The second kappa shape index (κ2) is 8.72. The van der Waals surface area contributed by atoms with Gasteiger partial charge in [0.15, 0.2) is 0 Å². The van der Waals surface area contributed by atoms with Gasteiger partial charge in [0.2, 0.25) is 0 Å². The number of benzene rings is 1. The molecule has 1 N–H and O–H groups in total. The van der Waals surface area contributed by atoms with E-state index < -0.39 is 0 Å². The van der Waals surface area contributed by atoms with Crippen LogP contribution >= 0.6 is 11.3 Å². The third kappa shape index (κ3) is 4.73. The number of quaternary nitrogens is 1. The molecule has 0 saturated heterocycles. The van der Waals surface area contributed by atoms with Gasteiger partial charge in [0, 0.05) is 22.9 Å². The minimum atomic E-state index is -0.357. The largest absolute Gasteiger partial charge is 0.332 e. The molecule has 0 radical (unpaired) electrons. The van der Waals surface area contributed by atoms with Gasteiger partial charge in [0.05, 0.1) is 26.7 Å². The minimum Gasteiger partial charge on any atom is -0.332 e. The highest BCUT2D eigenvalue weighted by Crippen LogP contribution is 2.18. The Bertz CT molecular complexity index is 710. The second-order valence-corrected chi connectivity index (χ2v) is 7.06. The van der Waals surface area contributed by atoms with Gasteiger partial charge in [-0.3, -0.25) is 4.99 Å². The van der Waals surface area contributed by atoms with Gasteiger partial charge in [-0.05, 0) is 18.9 Å². The average Bonchev–Trinajstić information content (AvgIpc) is 3.01. The number of rotatable bonds is 7. The zero-order valence-corrected chi connectivity index (χ0v) is 15.6. The van der Waals surface area contributed by atoms with Crippen molar-refractivity contribution in [2.75, 3.05) is 20.6 Å². The van der Waals surface area contributed by atoms with Crippen molar-refractivity contribution in [3.63, 3.8) is 0 Å². The molecule has 24 heavy (non-hydrogen) atoms. The smallest absolute Gasteiger partial charge is 0.133 e. The van der Waals surface area contributed by atoms with Crippen molar-refractivity contribution in [1.29, 1.82) is 5.26 Å². The molecule has 126 valence electrons. The van der Waals surface area contributed by atoms with E-state index in [0.717, 1.165) is 17.1 Å². The Morgan fingerprint density at radius 2 is 2.04 bits per heavy atom. The van der Waals surface area contributed by atoms with E-state index in [0.29, 0.717) is 6.54 Å². The number of likely N-dealkylation sites (N-methyl/N-ethyl adjacent to an activating group) is 1. The highest BCUT2D eigenvalue weighted by Gasteiger charge is 2.18. The van der Waals surface area contributed by atoms with E-state index in [1.54, 1.807) is 6.21 Å². The molecule has 2 rings (SSSR count). The molecule has 4 nitrogen and oxygen atoms in total. The molecular formula is C19H25N4S+. The van der Waals surface area contributed by atoms with Crippen LogP contribution in [0.3, 0.4) is 0 Å². The van der Waals surface area contributed by atoms with Crippen molar-refractivity contribution >= 4 is 17.6 Å². The van der Waals surface area contributed by atoms with Crippen LogP contribution in [0.15, 0.2) is 34.6 Å². The third-order valence-corrected chi connectivity index (χ3v) is 5.12. The fourth-order valence-electron chi connectivity index (χ4n) is 2.55. The summed E-state index contributed by atoms with van der Waals surface area (Å²) in [5.74, 6) is -0.357. The second-order valence-electron chi connectivity index (χ2n) is 6.17. The molecule has 0 bridgehead atoms. The molecule has 1 heterocycles. The Hall–Kier alpha value is -2.03. The number of nitrogens with one attached hydrogen (secondary N) is 1. The number of aliphatic imine (C=N–C) groups is 1. The Morgan fingerprint density at radius 3 is 2.54 bits per heavy atom. The maximum Gasteiger partial charge on any atom is 0.133 e. The molecule has 5 heteroatoms. The van der Waals surface area contributed by atoms with Crippen LogP contribution in [-0.2, 0) is 6.42 Å². The number of hydrogen-bond acceptors (Lipinski definition) is 4. The molecular weight excluding hydrogens is 316 g/mol. The van der Waals surface area contributed by atoms with Gasteiger partial charge in [-0.2, -0.15) is 5.26 Å². The lowest BCUT2D eigenvalue weighted by atomic mass is 10.0. The van der Waals surface area contributed by atoms with Crippen LogP contribution in [0.5, 0.6) is 0 Å². The van der Waals surface area contributed by atoms with Gasteiger partial charge in [0.25, 0.3) is 0 Å². The number of thiazole rings is 1. The summed E-state index contributed by atoms with van der Waals surface area (Å²) in [7, 11) is 4.28. The van der Waals surface area contributed by atoms with Gasteiger partial charge in [-0.25, -0.2) is 4.98 Å². The summed E-state index contributed by atoms with van der Waals surface area (Å²) >= 11 is 1.52. The zero-order chi connectivity index (χ0) is 17.5. The first kappa shape index (κ1) is 18.3. The first-order valence-corrected chi connectivity index (χ1v) is 9.13. The summed E-state index contributed by atoms with van der Waals surface area (Å²) in [4.78, 5) is 10.3. The number of aryl methyl sites for hydroxylation is 2. The fraction of sp³-hybridized carbons (Fsp3) is 0.421. The van der Waals surface area contributed by atoms with Gasteiger partial charge in [0.1, 0.15) is 17.0 Å². The van der Waals surface area contributed by atoms with Crippen molar-refractivity contribution in [2.24, 2.45) is 4.99 Å². The molecule has 1 aromatic heterocycles. The van der Waals surface area contributed by atoms with E-state index in [-0.39, 0.29) is 12.0 Å².